The highest BCUT2D eigenvalue weighted by molar-refractivity contribution is 8.13. The van der Waals surface area contributed by atoms with E-state index in [1.54, 1.807) is 62.6 Å². The fourth-order valence-electron chi connectivity index (χ4n) is 2.63. The average Bonchev–Trinajstić information content (AvgIpc) is 2.73. The number of fused-ring (bicyclic) bond motifs is 1. The van der Waals surface area contributed by atoms with Gasteiger partial charge in [-0.05, 0) is 36.0 Å². The van der Waals surface area contributed by atoms with Crippen molar-refractivity contribution < 1.29 is 14.4 Å². The van der Waals surface area contributed by atoms with Gasteiger partial charge >= 0.3 is 0 Å². The van der Waals surface area contributed by atoms with E-state index >= 15 is 0 Å². The summed E-state index contributed by atoms with van der Waals surface area (Å²) in [6.07, 6.45) is 1.33. The third-order valence-electron chi connectivity index (χ3n) is 4.17. The minimum absolute atomic E-state index is 0.0750. The Kier molecular flexibility index (Phi) is 6.53. The molecule has 2 aromatic carbocycles. The lowest BCUT2D eigenvalue weighted by Gasteiger charge is -2.13. The Morgan fingerprint density at radius 3 is 2.50 bits per heavy atom. The molecule has 0 saturated carbocycles. The number of carbonyl (C=O) groups is 3. The number of amides is 3. The molecule has 0 saturated heterocycles. The number of carbonyl (C=O) groups excluding carboxylic acids is 3. The van der Waals surface area contributed by atoms with Crippen molar-refractivity contribution in [3.05, 3.63) is 70.5 Å². The predicted octanol–water partition coefficient (Wildman–Crippen LogP) is 2.67. The minimum atomic E-state index is -0.650. The molecular weight excluding hydrogens is 404 g/mol. The maximum absolute atomic E-state index is 12.5. The number of aromatic nitrogens is 1. The standard InChI is InChI=1S/C21H20N4O4S/c1-25(2)21(29)30-17-10-6-5-9-16(17)24-18(26)12-23-20(28)14-11-22-15-8-4-3-7-13(15)19(14)27/h3-11H,12H2,1-2H3,(H,22,27)(H,23,28)(H,24,26). The number of pyridine rings is 1. The van der Waals surface area contributed by atoms with Crippen LogP contribution in [0, 0.1) is 0 Å². The first kappa shape index (κ1) is 21.1. The van der Waals surface area contributed by atoms with Crippen molar-refractivity contribution in [1.29, 1.82) is 0 Å². The third kappa shape index (κ3) is 4.87. The number of nitrogens with one attached hydrogen (secondary N) is 3. The van der Waals surface area contributed by atoms with Gasteiger partial charge in [0, 0.05) is 36.1 Å². The van der Waals surface area contributed by atoms with E-state index in [-0.39, 0.29) is 17.3 Å². The number of hydrogen-bond acceptors (Lipinski definition) is 5. The summed E-state index contributed by atoms with van der Waals surface area (Å²) in [5.41, 5.74) is 0.596. The molecule has 0 spiro atoms. The molecule has 154 valence electrons. The van der Waals surface area contributed by atoms with Crippen LogP contribution >= 0.6 is 11.8 Å². The van der Waals surface area contributed by atoms with E-state index in [9.17, 15) is 19.2 Å². The smallest absolute Gasteiger partial charge is 0.286 e. The molecule has 0 radical (unpaired) electrons. The van der Waals surface area contributed by atoms with Gasteiger partial charge in [0.2, 0.25) is 11.3 Å². The van der Waals surface area contributed by atoms with Crippen LogP contribution in [-0.2, 0) is 4.79 Å². The second kappa shape index (κ2) is 9.27. The van der Waals surface area contributed by atoms with Crippen LogP contribution in [0.5, 0.6) is 0 Å². The molecular formula is C21H20N4O4S. The molecule has 0 aliphatic heterocycles. The first-order valence-electron chi connectivity index (χ1n) is 9.03. The van der Waals surface area contributed by atoms with Gasteiger partial charge in [0.05, 0.1) is 12.2 Å². The highest BCUT2D eigenvalue weighted by atomic mass is 32.2. The van der Waals surface area contributed by atoms with Crippen LogP contribution in [0.25, 0.3) is 10.9 Å². The van der Waals surface area contributed by atoms with E-state index in [2.05, 4.69) is 15.6 Å². The van der Waals surface area contributed by atoms with Gasteiger partial charge in [-0.15, -0.1) is 0 Å². The monoisotopic (exact) mass is 424 g/mol. The van der Waals surface area contributed by atoms with Gasteiger partial charge in [-0.3, -0.25) is 19.2 Å². The molecule has 0 bridgehead atoms. The van der Waals surface area contributed by atoms with Crippen LogP contribution in [0.15, 0.2) is 64.4 Å². The summed E-state index contributed by atoms with van der Waals surface area (Å²) >= 11 is 0.984. The quantitative estimate of drug-likeness (QED) is 0.545. The van der Waals surface area contributed by atoms with E-state index in [0.29, 0.717) is 21.5 Å². The average molecular weight is 424 g/mol. The second-order valence-electron chi connectivity index (χ2n) is 6.57. The highest BCUT2D eigenvalue weighted by Crippen LogP contribution is 2.28. The Balaban J connectivity index is 1.66. The van der Waals surface area contributed by atoms with E-state index in [0.717, 1.165) is 11.8 Å². The summed E-state index contributed by atoms with van der Waals surface area (Å²) in [6, 6.07) is 13.7. The van der Waals surface area contributed by atoms with Gasteiger partial charge in [-0.25, -0.2) is 0 Å². The third-order valence-corrected chi connectivity index (χ3v) is 5.28. The topological polar surface area (TPSA) is 111 Å². The van der Waals surface area contributed by atoms with E-state index in [1.807, 2.05) is 0 Å². The summed E-state index contributed by atoms with van der Waals surface area (Å²) in [6.45, 7) is -0.328. The lowest BCUT2D eigenvalue weighted by atomic mass is 10.1. The Morgan fingerprint density at radius 1 is 1.03 bits per heavy atom. The Hall–Kier alpha value is -3.59. The summed E-state index contributed by atoms with van der Waals surface area (Å²) in [5, 5.41) is 5.34. The number of nitrogens with zero attached hydrogens (tertiary/aromatic N) is 1. The number of benzene rings is 2. The first-order valence-corrected chi connectivity index (χ1v) is 9.85. The molecule has 3 N–H and O–H groups in total. The number of H-pyrrole nitrogens is 1. The van der Waals surface area contributed by atoms with Crippen molar-refractivity contribution in [2.24, 2.45) is 0 Å². The summed E-state index contributed by atoms with van der Waals surface area (Å²) in [5.74, 6) is -1.13. The van der Waals surface area contributed by atoms with Gasteiger partial charge in [0.15, 0.2) is 0 Å². The second-order valence-corrected chi connectivity index (χ2v) is 7.56. The zero-order valence-corrected chi connectivity index (χ0v) is 17.2. The highest BCUT2D eigenvalue weighted by Gasteiger charge is 2.15. The number of rotatable bonds is 5. The minimum Gasteiger partial charge on any atom is -0.360 e. The molecule has 3 rings (SSSR count). The Labute approximate surface area is 176 Å². The van der Waals surface area contributed by atoms with Crippen molar-refractivity contribution >= 4 is 45.4 Å². The molecule has 1 aromatic heterocycles. The maximum atomic E-state index is 12.5. The van der Waals surface area contributed by atoms with E-state index in [4.69, 9.17) is 0 Å². The van der Waals surface area contributed by atoms with Crippen LogP contribution in [0.2, 0.25) is 0 Å². The fourth-order valence-corrected chi connectivity index (χ4v) is 3.38. The molecule has 3 aromatic rings. The number of thioether (sulfide) groups is 1. The zero-order valence-electron chi connectivity index (χ0n) is 16.4. The molecule has 0 unspecified atom stereocenters. The van der Waals surface area contributed by atoms with Crippen molar-refractivity contribution in [2.75, 3.05) is 26.0 Å². The molecule has 9 heteroatoms. The van der Waals surface area contributed by atoms with Crippen molar-refractivity contribution in [2.45, 2.75) is 4.90 Å². The van der Waals surface area contributed by atoms with Gasteiger partial charge in [-0.2, -0.15) is 0 Å². The maximum Gasteiger partial charge on any atom is 0.286 e. The SMILES string of the molecule is CN(C)C(=O)Sc1ccccc1NC(=O)CNC(=O)c1c[nH]c2ccccc2c1=O. The molecule has 0 atom stereocenters. The van der Waals surface area contributed by atoms with Crippen molar-refractivity contribution in [3.63, 3.8) is 0 Å². The van der Waals surface area contributed by atoms with Gasteiger partial charge < -0.3 is 20.5 Å². The summed E-state index contributed by atoms with van der Waals surface area (Å²) in [7, 11) is 3.28. The van der Waals surface area contributed by atoms with Crippen LogP contribution in [0.3, 0.4) is 0 Å². The number of aromatic amines is 1. The van der Waals surface area contributed by atoms with Gasteiger partial charge in [0.1, 0.15) is 5.56 Å². The van der Waals surface area contributed by atoms with E-state index in [1.165, 1.54) is 11.1 Å². The number of para-hydroxylation sites is 2. The molecule has 0 fully saturated rings. The largest absolute Gasteiger partial charge is 0.360 e. The molecule has 0 aliphatic rings. The van der Waals surface area contributed by atoms with Crippen LogP contribution in [0.1, 0.15) is 10.4 Å². The molecule has 0 aliphatic carbocycles. The Bertz CT molecular complexity index is 1170. The van der Waals surface area contributed by atoms with E-state index < -0.39 is 17.2 Å². The van der Waals surface area contributed by atoms with Crippen LogP contribution in [-0.4, -0.2) is 47.6 Å². The fraction of sp³-hybridized carbons (Fsp3) is 0.143. The molecule has 30 heavy (non-hydrogen) atoms. The molecule has 8 nitrogen and oxygen atoms in total. The lowest BCUT2D eigenvalue weighted by Crippen LogP contribution is -2.35. The number of anilines is 1. The van der Waals surface area contributed by atoms with Crippen LogP contribution < -0.4 is 16.1 Å². The summed E-state index contributed by atoms with van der Waals surface area (Å²) < 4.78 is 0. The number of hydrogen-bond donors (Lipinski definition) is 3. The van der Waals surface area contributed by atoms with Gasteiger partial charge in [0.25, 0.3) is 11.1 Å². The normalized spacial score (nSPS) is 10.5. The molecule has 3 amide bonds. The van der Waals surface area contributed by atoms with Crippen molar-refractivity contribution in [1.82, 2.24) is 15.2 Å². The van der Waals surface area contributed by atoms with Crippen molar-refractivity contribution in [3.8, 4) is 0 Å². The van der Waals surface area contributed by atoms with Crippen LogP contribution in [0.4, 0.5) is 10.5 Å². The van der Waals surface area contributed by atoms with Gasteiger partial charge in [-0.1, -0.05) is 24.3 Å². The first-order chi connectivity index (χ1) is 14.4. The molecule has 1 heterocycles. The predicted molar refractivity (Wildman–Crippen MR) is 117 cm³/mol. The summed E-state index contributed by atoms with van der Waals surface area (Å²) in [4.78, 5) is 54.0. The zero-order chi connectivity index (χ0) is 21.7. The Morgan fingerprint density at radius 2 is 1.73 bits per heavy atom. The lowest BCUT2D eigenvalue weighted by molar-refractivity contribution is -0.115.